The van der Waals surface area contributed by atoms with Gasteiger partial charge in [-0.25, -0.2) is 0 Å². The van der Waals surface area contributed by atoms with Crippen molar-refractivity contribution in [3.05, 3.63) is 48.6 Å². The monoisotopic (exact) mass is 786 g/mol. The molecule has 0 bridgehead atoms. The van der Waals surface area contributed by atoms with Crippen molar-refractivity contribution in [1.29, 1.82) is 0 Å². The van der Waals surface area contributed by atoms with E-state index in [1.54, 1.807) is 6.08 Å². The molecule has 0 heterocycles. The molecular formula is C51H95NO4. The summed E-state index contributed by atoms with van der Waals surface area (Å²) in [6.45, 7) is 4.20. The van der Waals surface area contributed by atoms with Gasteiger partial charge in [0.05, 0.1) is 31.3 Å². The predicted molar refractivity (Wildman–Crippen MR) is 245 cm³/mol. The first kappa shape index (κ1) is 54.3. The number of aliphatic hydroxyl groups excluding tert-OH is 3. The molecule has 328 valence electrons. The molecule has 0 fully saturated rings. The standard InChI is InChI=1S/C51H95NO4/c1-3-5-7-9-11-13-15-17-19-21-22-23-24-25-26-27-28-29-30-32-34-36-38-40-42-44-48(54)46-51(56)52-49(47-53)50(55)45-43-41-39-37-35-33-31-20-18-16-14-12-10-8-6-4-2/h18,20,25-26,35,37,43,45,48-50,53-55H,3-17,19,21-24,27-34,36,38-42,44,46-47H2,1-2H3,(H,52,56)/b20-18+,26-25-,37-35+,45-43+. The molecule has 0 spiro atoms. The Morgan fingerprint density at radius 3 is 1.14 bits per heavy atom. The normalized spacial score (nSPS) is 13.9. The lowest BCUT2D eigenvalue weighted by Crippen LogP contribution is -2.45. The van der Waals surface area contributed by atoms with Crippen LogP contribution in [0.2, 0.25) is 0 Å². The van der Waals surface area contributed by atoms with Gasteiger partial charge in [0, 0.05) is 0 Å². The van der Waals surface area contributed by atoms with Crippen LogP contribution in [0.25, 0.3) is 0 Å². The number of nitrogens with one attached hydrogen (secondary N) is 1. The van der Waals surface area contributed by atoms with Crippen LogP contribution in [0.3, 0.4) is 0 Å². The van der Waals surface area contributed by atoms with E-state index in [0.717, 1.165) is 38.5 Å². The highest BCUT2D eigenvalue weighted by Crippen LogP contribution is 2.15. The second-order valence-corrected chi connectivity index (χ2v) is 16.7. The number of amides is 1. The quantitative estimate of drug-likeness (QED) is 0.0366. The van der Waals surface area contributed by atoms with E-state index >= 15 is 0 Å². The molecule has 56 heavy (non-hydrogen) atoms. The number of unbranched alkanes of at least 4 members (excludes halogenated alkanes) is 29. The van der Waals surface area contributed by atoms with Gasteiger partial charge in [0.1, 0.15) is 0 Å². The van der Waals surface area contributed by atoms with Crippen LogP contribution in [0, 0.1) is 0 Å². The van der Waals surface area contributed by atoms with Gasteiger partial charge in [0.2, 0.25) is 5.91 Å². The highest BCUT2D eigenvalue weighted by atomic mass is 16.3. The maximum absolute atomic E-state index is 12.5. The van der Waals surface area contributed by atoms with Crippen molar-refractivity contribution in [2.45, 2.75) is 263 Å². The third-order valence-electron chi connectivity index (χ3n) is 11.1. The average molecular weight is 786 g/mol. The minimum atomic E-state index is -0.961. The van der Waals surface area contributed by atoms with Crippen LogP contribution in [-0.2, 0) is 4.79 Å². The van der Waals surface area contributed by atoms with Crippen LogP contribution in [-0.4, -0.2) is 46.1 Å². The smallest absolute Gasteiger partial charge is 0.222 e. The lowest BCUT2D eigenvalue weighted by Gasteiger charge is -2.21. The Morgan fingerprint density at radius 2 is 0.768 bits per heavy atom. The Balaban J connectivity index is 3.65. The maximum atomic E-state index is 12.5. The van der Waals surface area contributed by atoms with Gasteiger partial charge in [-0.1, -0.05) is 217 Å². The van der Waals surface area contributed by atoms with Gasteiger partial charge in [-0.2, -0.15) is 0 Å². The fourth-order valence-electron chi connectivity index (χ4n) is 7.31. The summed E-state index contributed by atoms with van der Waals surface area (Å²) in [7, 11) is 0. The van der Waals surface area contributed by atoms with E-state index in [4.69, 9.17) is 0 Å². The third kappa shape index (κ3) is 41.9. The van der Waals surface area contributed by atoms with E-state index < -0.39 is 18.2 Å². The molecule has 0 aromatic heterocycles. The molecule has 0 rings (SSSR count). The molecule has 5 heteroatoms. The largest absolute Gasteiger partial charge is 0.394 e. The third-order valence-corrected chi connectivity index (χ3v) is 11.1. The van der Waals surface area contributed by atoms with Crippen LogP contribution in [0.5, 0.6) is 0 Å². The van der Waals surface area contributed by atoms with Gasteiger partial charge in [0.15, 0.2) is 0 Å². The van der Waals surface area contributed by atoms with Crippen molar-refractivity contribution in [2.75, 3.05) is 6.61 Å². The first-order chi connectivity index (χ1) is 27.5. The summed E-state index contributed by atoms with van der Waals surface area (Å²) in [5, 5.41) is 33.3. The highest BCUT2D eigenvalue weighted by molar-refractivity contribution is 5.76. The number of allylic oxidation sites excluding steroid dienone is 7. The SMILES string of the molecule is CCCCCCCC/C=C/CC/C=C/CC/C=C/C(O)C(CO)NC(=O)CC(O)CCCCCCCCCCC/C=C\CCCCCCCCCCCCCC. The van der Waals surface area contributed by atoms with Crippen LogP contribution >= 0.6 is 0 Å². The number of hydrogen-bond acceptors (Lipinski definition) is 4. The summed E-state index contributed by atoms with van der Waals surface area (Å²) in [6.07, 6.45) is 59.9. The Labute approximate surface area is 348 Å². The van der Waals surface area contributed by atoms with Crippen LogP contribution in [0.1, 0.15) is 245 Å². The Morgan fingerprint density at radius 1 is 0.446 bits per heavy atom. The van der Waals surface area contributed by atoms with E-state index in [9.17, 15) is 20.1 Å². The molecule has 0 saturated carbocycles. The van der Waals surface area contributed by atoms with E-state index in [-0.39, 0.29) is 18.9 Å². The lowest BCUT2D eigenvalue weighted by molar-refractivity contribution is -0.124. The second-order valence-electron chi connectivity index (χ2n) is 16.7. The molecule has 4 N–H and O–H groups in total. The average Bonchev–Trinajstić information content (AvgIpc) is 3.19. The molecule has 0 aliphatic rings. The van der Waals surface area contributed by atoms with Gasteiger partial charge < -0.3 is 20.6 Å². The molecule has 0 aromatic rings. The molecule has 3 atom stereocenters. The first-order valence-electron chi connectivity index (χ1n) is 24.4. The summed E-state index contributed by atoms with van der Waals surface area (Å²) in [4.78, 5) is 12.5. The van der Waals surface area contributed by atoms with Gasteiger partial charge >= 0.3 is 0 Å². The van der Waals surface area contributed by atoms with E-state index in [2.05, 4.69) is 55.6 Å². The number of hydrogen-bond donors (Lipinski definition) is 4. The second kappa shape index (κ2) is 46.0. The van der Waals surface area contributed by atoms with Gasteiger partial charge in [0.25, 0.3) is 0 Å². The molecular weight excluding hydrogens is 691 g/mol. The molecule has 3 unspecified atom stereocenters. The van der Waals surface area contributed by atoms with Crippen molar-refractivity contribution >= 4 is 5.91 Å². The molecule has 1 amide bonds. The maximum Gasteiger partial charge on any atom is 0.222 e. The van der Waals surface area contributed by atoms with E-state index in [1.807, 2.05) is 6.08 Å². The number of carbonyl (C=O) groups is 1. The highest BCUT2D eigenvalue weighted by Gasteiger charge is 2.20. The molecule has 0 saturated heterocycles. The first-order valence-corrected chi connectivity index (χ1v) is 24.4. The van der Waals surface area contributed by atoms with Gasteiger partial charge in [-0.3, -0.25) is 4.79 Å². The molecule has 5 nitrogen and oxygen atoms in total. The predicted octanol–water partition coefficient (Wildman–Crippen LogP) is 14.5. The summed E-state index contributed by atoms with van der Waals surface area (Å²) < 4.78 is 0. The van der Waals surface area contributed by atoms with Crippen molar-refractivity contribution < 1.29 is 20.1 Å². The van der Waals surface area contributed by atoms with Crippen molar-refractivity contribution in [2.24, 2.45) is 0 Å². The van der Waals surface area contributed by atoms with E-state index in [1.165, 1.54) is 180 Å². The summed E-state index contributed by atoms with van der Waals surface area (Å²) in [5.41, 5.74) is 0. The van der Waals surface area contributed by atoms with Crippen LogP contribution in [0.4, 0.5) is 0 Å². The topological polar surface area (TPSA) is 89.8 Å². The molecule has 0 radical (unpaired) electrons. The minimum Gasteiger partial charge on any atom is -0.394 e. The lowest BCUT2D eigenvalue weighted by atomic mass is 10.0. The Kier molecular flexibility index (Phi) is 44.6. The van der Waals surface area contributed by atoms with Gasteiger partial charge in [-0.15, -0.1) is 0 Å². The molecule has 0 aromatic carbocycles. The van der Waals surface area contributed by atoms with Crippen molar-refractivity contribution in [3.8, 4) is 0 Å². The van der Waals surface area contributed by atoms with Crippen LogP contribution < -0.4 is 5.32 Å². The Bertz CT molecular complexity index is 912. The fourth-order valence-corrected chi connectivity index (χ4v) is 7.31. The Hall–Kier alpha value is -1.69. The van der Waals surface area contributed by atoms with Gasteiger partial charge in [-0.05, 0) is 70.6 Å². The molecule has 0 aliphatic carbocycles. The summed E-state index contributed by atoms with van der Waals surface area (Å²) >= 11 is 0. The summed E-state index contributed by atoms with van der Waals surface area (Å²) in [6, 6.07) is -0.769. The van der Waals surface area contributed by atoms with Crippen LogP contribution in [0.15, 0.2) is 48.6 Å². The van der Waals surface area contributed by atoms with Crippen molar-refractivity contribution in [3.63, 3.8) is 0 Å². The van der Waals surface area contributed by atoms with Crippen molar-refractivity contribution in [1.82, 2.24) is 5.32 Å². The zero-order valence-corrected chi connectivity index (χ0v) is 37.3. The van der Waals surface area contributed by atoms with E-state index in [0.29, 0.717) is 6.42 Å². The molecule has 0 aliphatic heterocycles. The number of carbonyl (C=O) groups excluding carboxylic acids is 1. The number of aliphatic hydroxyl groups is 3. The fraction of sp³-hybridized carbons (Fsp3) is 0.824. The zero-order chi connectivity index (χ0) is 40.8. The summed E-state index contributed by atoms with van der Waals surface area (Å²) in [5.74, 6) is -0.331. The minimum absolute atomic E-state index is 0.000550. The number of rotatable bonds is 44. The zero-order valence-electron chi connectivity index (χ0n) is 37.3.